The van der Waals surface area contributed by atoms with Crippen LogP contribution in [0.2, 0.25) is 0 Å². The minimum atomic E-state index is -0.388. The molecule has 0 atom stereocenters. The van der Waals surface area contributed by atoms with Crippen LogP contribution in [0.25, 0.3) is 0 Å². The van der Waals surface area contributed by atoms with Crippen LogP contribution in [0.4, 0.5) is 21.2 Å². The van der Waals surface area contributed by atoms with Gasteiger partial charge in [0.2, 0.25) is 0 Å². The Kier molecular flexibility index (Phi) is 7.18. The summed E-state index contributed by atoms with van der Waals surface area (Å²) in [6, 6.07) is 18.7. The number of hydrogen-bond acceptors (Lipinski definition) is 4. The predicted octanol–water partition coefficient (Wildman–Crippen LogP) is 4.78. The van der Waals surface area contributed by atoms with Crippen molar-refractivity contribution < 1.29 is 14.4 Å². The first-order valence-corrected chi connectivity index (χ1v) is 10.3. The molecule has 0 unspecified atom stereocenters. The zero-order valence-electron chi connectivity index (χ0n) is 16.4. The molecule has 0 saturated carbocycles. The Morgan fingerprint density at radius 3 is 2.33 bits per heavy atom. The Labute approximate surface area is 178 Å². The molecule has 0 aliphatic carbocycles. The van der Waals surface area contributed by atoms with Gasteiger partial charge in [-0.05, 0) is 48.9 Å². The van der Waals surface area contributed by atoms with Crippen molar-refractivity contribution in [1.29, 1.82) is 0 Å². The van der Waals surface area contributed by atoms with E-state index in [0.717, 1.165) is 17.8 Å². The van der Waals surface area contributed by atoms with Gasteiger partial charge in [0.25, 0.3) is 11.8 Å². The highest BCUT2D eigenvalue weighted by Crippen LogP contribution is 2.23. The van der Waals surface area contributed by atoms with Gasteiger partial charge in [-0.3, -0.25) is 14.9 Å². The second-order valence-electron chi connectivity index (χ2n) is 6.40. The lowest BCUT2D eigenvalue weighted by molar-refractivity contribution is 0.0952. The molecule has 0 aliphatic rings. The first-order chi connectivity index (χ1) is 14.5. The number of thiophene rings is 1. The molecule has 3 rings (SSSR count). The third kappa shape index (κ3) is 5.92. The molecule has 1 aromatic heterocycles. The van der Waals surface area contributed by atoms with E-state index >= 15 is 0 Å². The van der Waals surface area contributed by atoms with Gasteiger partial charge in [0.1, 0.15) is 0 Å². The average Bonchev–Trinajstić information content (AvgIpc) is 3.21. The Bertz CT molecular complexity index is 1030. The van der Waals surface area contributed by atoms with Crippen molar-refractivity contribution in [2.75, 3.05) is 22.5 Å². The van der Waals surface area contributed by atoms with Crippen molar-refractivity contribution in [3.8, 4) is 0 Å². The molecule has 0 aliphatic heterocycles. The van der Waals surface area contributed by atoms with Crippen LogP contribution < -0.4 is 21.3 Å². The average molecular weight is 423 g/mol. The van der Waals surface area contributed by atoms with Crippen LogP contribution in [0, 0.1) is 0 Å². The van der Waals surface area contributed by atoms with Crippen LogP contribution in [0.5, 0.6) is 0 Å². The summed E-state index contributed by atoms with van der Waals surface area (Å²) in [4.78, 5) is 37.1. The highest BCUT2D eigenvalue weighted by molar-refractivity contribution is 7.18. The molecule has 0 fully saturated rings. The van der Waals surface area contributed by atoms with Crippen LogP contribution in [0.1, 0.15) is 33.4 Å². The molecule has 1 heterocycles. The Hall–Kier alpha value is -3.65. The number of para-hydroxylation sites is 1. The van der Waals surface area contributed by atoms with E-state index in [1.54, 1.807) is 48.5 Å². The number of carbonyl (C=O) groups excluding carboxylic acids is 3. The topological polar surface area (TPSA) is 99.3 Å². The highest BCUT2D eigenvalue weighted by Gasteiger charge is 2.13. The van der Waals surface area contributed by atoms with E-state index in [4.69, 9.17) is 0 Å². The fourth-order valence-electron chi connectivity index (χ4n) is 2.59. The summed E-state index contributed by atoms with van der Waals surface area (Å²) in [7, 11) is 0. The molecular weight excluding hydrogens is 400 g/mol. The minimum absolute atomic E-state index is 0.181. The summed E-state index contributed by atoms with van der Waals surface area (Å²) in [5.74, 6) is -0.498. The molecular formula is C22H22N4O3S. The van der Waals surface area contributed by atoms with E-state index in [1.807, 2.05) is 25.1 Å². The Morgan fingerprint density at radius 2 is 1.57 bits per heavy atom. The van der Waals surface area contributed by atoms with E-state index < -0.39 is 0 Å². The summed E-state index contributed by atoms with van der Waals surface area (Å²) in [5, 5.41) is 11.6. The van der Waals surface area contributed by atoms with E-state index in [9.17, 15) is 14.4 Å². The molecule has 2 aromatic carbocycles. The number of hydrogen-bond donors (Lipinski definition) is 4. The molecule has 8 heteroatoms. The second-order valence-corrected chi connectivity index (χ2v) is 7.48. The number of rotatable bonds is 7. The number of benzene rings is 2. The molecule has 3 aromatic rings. The van der Waals surface area contributed by atoms with E-state index in [-0.39, 0.29) is 17.8 Å². The fraction of sp³-hybridized carbons (Fsp3) is 0.136. The summed E-state index contributed by atoms with van der Waals surface area (Å²) < 4.78 is 0. The number of amides is 4. The summed E-state index contributed by atoms with van der Waals surface area (Å²) in [6.07, 6.45) is 0.848. The lowest BCUT2D eigenvalue weighted by Gasteiger charge is -2.07. The van der Waals surface area contributed by atoms with Gasteiger partial charge >= 0.3 is 6.03 Å². The van der Waals surface area contributed by atoms with E-state index in [0.29, 0.717) is 33.4 Å². The predicted molar refractivity (Wildman–Crippen MR) is 120 cm³/mol. The van der Waals surface area contributed by atoms with Crippen molar-refractivity contribution in [3.63, 3.8) is 0 Å². The van der Waals surface area contributed by atoms with Crippen molar-refractivity contribution in [2.45, 2.75) is 13.3 Å². The lowest BCUT2D eigenvalue weighted by Crippen LogP contribution is -2.24. The molecule has 4 amide bonds. The standard InChI is InChI=1S/C22H22N4O3S/c1-2-13-23-20(27)15-7-6-10-17(14-15)24-21(28)18-11-12-19(30-18)26-22(29)25-16-8-4-3-5-9-16/h3-12,14H,2,13H2,1H3,(H,23,27)(H,24,28)(H2,25,26,29). The van der Waals surface area contributed by atoms with Crippen molar-refractivity contribution in [2.24, 2.45) is 0 Å². The van der Waals surface area contributed by atoms with Gasteiger partial charge in [-0.2, -0.15) is 0 Å². The Balaban J connectivity index is 1.58. The molecule has 0 saturated heterocycles. The third-order valence-corrected chi connectivity index (χ3v) is 5.02. The largest absolute Gasteiger partial charge is 0.352 e. The first kappa shape index (κ1) is 21.1. The first-order valence-electron chi connectivity index (χ1n) is 9.47. The molecule has 0 radical (unpaired) electrons. The van der Waals surface area contributed by atoms with Crippen LogP contribution in [0.15, 0.2) is 66.7 Å². The molecule has 154 valence electrons. The zero-order valence-corrected chi connectivity index (χ0v) is 17.2. The molecule has 0 bridgehead atoms. The van der Waals surface area contributed by atoms with Gasteiger partial charge in [0.05, 0.1) is 9.88 Å². The van der Waals surface area contributed by atoms with Crippen LogP contribution in [0.3, 0.4) is 0 Å². The molecule has 4 N–H and O–H groups in total. The van der Waals surface area contributed by atoms with Gasteiger partial charge in [0.15, 0.2) is 0 Å². The molecule has 30 heavy (non-hydrogen) atoms. The summed E-state index contributed by atoms with van der Waals surface area (Å²) >= 11 is 1.16. The van der Waals surface area contributed by atoms with Gasteiger partial charge in [0, 0.05) is 23.5 Å². The number of carbonyl (C=O) groups is 3. The third-order valence-electron chi connectivity index (χ3n) is 4.02. The van der Waals surface area contributed by atoms with Gasteiger partial charge < -0.3 is 16.0 Å². The van der Waals surface area contributed by atoms with E-state index in [1.165, 1.54) is 0 Å². The van der Waals surface area contributed by atoms with Crippen LogP contribution in [-0.2, 0) is 0 Å². The van der Waals surface area contributed by atoms with Gasteiger partial charge in [-0.15, -0.1) is 11.3 Å². The SMILES string of the molecule is CCCNC(=O)c1cccc(NC(=O)c2ccc(NC(=O)Nc3ccccc3)s2)c1. The maximum atomic E-state index is 12.5. The summed E-state index contributed by atoms with van der Waals surface area (Å²) in [6.45, 7) is 2.57. The second kappa shape index (κ2) is 10.2. The highest BCUT2D eigenvalue weighted by atomic mass is 32.1. The smallest absolute Gasteiger partial charge is 0.324 e. The number of urea groups is 1. The quantitative estimate of drug-likeness (QED) is 0.441. The number of nitrogens with one attached hydrogen (secondary N) is 4. The van der Waals surface area contributed by atoms with Crippen LogP contribution in [-0.4, -0.2) is 24.4 Å². The maximum absolute atomic E-state index is 12.5. The molecule has 0 spiro atoms. The van der Waals surface area contributed by atoms with Crippen molar-refractivity contribution in [1.82, 2.24) is 5.32 Å². The van der Waals surface area contributed by atoms with Gasteiger partial charge in [-0.1, -0.05) is 31.2 Å². The summed E-state index contributed by atoms with van der Waals surface area (Å²) in [5.41, 5.74) is 1.67. The van der Waals surface area contributed by atoms with Crippen molar-refractivity contribution in [3.05, 3.63) is 77.2 Å². The normalized spacial score (nSPS) is 10.2. The van der Waals surface area contributed by atoms with Crippen LogP contribution >= 0.6 is 11.3 Å². The van der Waals surface area contributed by atoms with Crippen molar-refractivity contribution >= 4 is 45.6 Å². The Morgan fingerprint density at radius 1 is 0.800 bits per heavy atom. The number of anilines is 3. The molecule has 7 nitrogen and oxygen atoms in total. The lowest BCUT2D eigenvalue weighted by atomic mass is 10.2. The van der Waals surface area contributed by atoms with E-state index in [2.05, 4.69) is 21.3 Å². The monoisotopic (exact) mass is 422 g/mol. The maximum Gasteiger partial charge on any atom is 0.324 e. The fourth-order valence-corrected chi connectivity index (χ4v) is 3.39. The zero-order chi connectivity index (χ0) is 21.3. The minimum Gasteiger partial charge on any atom is -0.352 e. The van der Waals surface area contributed by atoms with Gasteiger partial charge in [-0.25, -0.2) is 4.79 Å².